The van der Waals surface area contributed by atoms with Crippen LogP contribution in [0.5, 0.6) is 0 Å². The fraction of sp³-hybridized carbons (Fsp3) is 1.00. The van der Waals surface area contributed by atoms with Crippen LogP contribution < -0.4 is 0 Å². The molecule has 1 aliphatic heterocycles. The Morgan fingerprint density at radius 2 is 1.36 bits per heavy atom. The Labute approximate surface area is 81.4 Å². The van der Waals surface area contributed by atoms with Crippen LogP contribution in [0, 0.1) is 0 Å². The second kappa shape index (κ2) is 3.68. The van der Waals surface area contributed by atoms with E-state index in [1.807, 2.05) is 8.93 Å². The quantitative estimate of drug-likeness (QED) is 0.485. The Morgan fingerprint density at radius 3 is 1.71 bits per heavy atom. The first-order valence-electron chi connectivity index (χ1n) is 3.23. The van der Waals surface area contributed by atoms with Gasteiger partial charge in [-0.15, -0.1) is 21.3 Å². The number of nitrogens with zero attached hydrogens (tertiary/aromatic N) is 4. The molecule has 14 heavy (non-hydrogen) atoms. The van der Waals surface area contributed by atoms with E-state index in [0.717, 1.165) is 0 Å². The molecule has 0 amide bonds. The van der Waals surface area contributed by atoms with Crippen molar-refractivity contribution in [3.63, 3.8) is 0 Å². The highest BCUT2D eigenvalue weighted by Gasteiger charge is 2.37. The van der Waals surface area contributed by atoms with Crippen molar-refractivity contribution in [3.05, 3.63) is 0 Å². The molecule has 0 fully saturated rings. The molecule has 12 heteroatoms. The third kappa shape index (κ3) is 2.90. The SMILES string of the molecule is CN(C)P1(P)=NP(F)(F)=NP(F)(F)=N1. The first kappa shape index (κ1) is 12.9. The first-order chi connectivity index (χ1) is 6.06. The molecular formula is C2H8F4N4P4. The molecule has 0 aromatic heterocycles. The van der Waals surface area contributed by atoms with E-state index < -0.39 is 22.7 Å². The predicted octanol–water partition coefficient (Wildman–Crippen LogP) is 5.15. The lowest BCUT2D eigenvalue weighted by molar-refractivity contribution is 0.666. The van der Waals surface area contributed by atoms with Crippen molar-refractivity contribution < 1.29 is 16.8 Å². The molecule has 84 valence electrons. The lowest BCUT2D eigenvalue weighted by Crippen LogP contribution is -2.02. The molecule has 0 saturated carbocycles. The van der Waals surface area contributed by atoms with Crippen molar-refractivity contribution in [3.8, 4) is 0 Å². The standard InChI is InChI=1S/C2H8F4N4P4/c1-10(2)14(11)8-12(3,4)7-13(5,6)9-14/h11H2,1-2H3. The Bertz CT molecular complexity index is 394. The van der Waals surface area contributed by atoms with Crippen molar-refractivity contribution in [2.45, 2.75) is 0 Å². The summed E-state index contributed by atoms with van der Waals surface area (Å²) in [6.07, 6.45) is 0. The van der Waals surface area contributed by atoms with Crippen LogP contribution in [0.2, 0.25) is 0 Å². The van der Waals surface area contributed by atoms with Gasteiger partial charge in [0.2, 0.25) is 0 Å². The van der Waals surface area contributed by atoms with Gasteiger partial charge in [-0.2, -0.15) is 9.03 Å². The molecule has 0 bridgehead atoms. The highest BCUT2D eigenvalue weighted by molar-refractivity contribution is 8.19. The predicted molar refractivity (Wildman–Crippen MR) is 55.9 cm³/mol. The Kier molecular flexibility index (Phi) is 3.38. The Hall–Kier alpha value is 0.800. The fourth-order valence-corrected chi connectivity index (χ4v) is 9.14. The molecule has 2 unspecified atom stereocenters. The van der Waals surface area contributed by atoms with Gasteiger partial charge in [0.05, 0.1) is 0 Å². The number of hydrogen-bond acceptors (Lipinski definition) is 4. The van der Waals surface area contributed by atoms with Crippen LogP contribution in [0.4, 0.5) is 16.8 Å². The minimum Gasteiger partial charge on any atom is -0.255 e. The first-order valence-corrected chi connectivity index (χ1v) is 9.45. The molecular weight excluding hydrogens is 280 g/mol. The Morgan fingerprint density at radius 1 is 0.929 bits per heavy atom. The summed E-state index contributed by atoms with van der Waals surface area (Å²) in [7, 11) is -8.88. The van der Waals surface area contributed by atoms with E-state index in [-0.39, 0.29) is 0 Å². The topological polar surface area (TPSA) is 40.3 Å². The van der Waals surface area contributed by atoms with Crippen molar-refractivity contribution in [1.29, 1.82) is 0 Å². The Balaban J connectivity index is 3.49. The normalized spacial score (nSPS) is 34.3. The summed E-state index contributed by atoms with van der Waals surface area (Å²) >= 11 is 0. The van der Waals surface area contributed by atoms with Crippen molar-refractivity contribution >= 4 is 31.6 Å². The van der Waals surface area contributed by atoms with E-state index in [1.165, 1.54) is 18.8 Å². The lowest BCUT2D eigenvalue weighted by Gasteiger charge is -2.25. The molecule has 1 rings (SSSR count). The van der Waals surface area contributed by atoms with E-state index >= 15 is 0 Å². The average Bonchev–Trinajstić information content (AvgIpc) is 1.76. The van der Waals surface area contributed by atoms with Crippen LogP contribution in [-0.2, 0) is 0 Å². The summed E-state index contributed by atoms with van der Waals surface area (Å²) in [5.74, 6) is 0. The molecule has 4 nitrogen and oxygen atoms in total. The van der Waals surface area contributed by atoms with Gasteiger partial charge in [-0.1, -0.05) is 8.93 Å². The van der Waals surface area contributed by atoms with E-state index in [0.29, 0.717) is 0 Å². The highest BCUT2D eigenvalue weighted by Crippen LogP contribution is 2.83. The van der Waals surface area contributed by atoms with Crippen LogP contribution in [0.15, 0.2) is 13.5 Å². The summed E-state index contributed by atoms with van der Waals surface area (Å²) in [6, 6.07) is 0. The van der Waals surface area contributed by atoms with Gasteiger partial charge in [0.1, 0.15) is 0 Å². The van der Waals surface area contributed by atoms with Gasteiger partial charge in [0, 0.05) is 0 Å². The summed E-state index contributed by atoms with van der Waals surface area (Å²) in [5, 5.41) is 0. The van der Waals surface area contributed by atoms with Gasteiger partial charge in [-0.3, -0.25) is 4.67 Å². The molecule has 0 N–H and O–H groups in total. The second-order valence-corrected chi connectivity index (χ2v) is 10.7. The van der Waals surface area contributed by atoms with E-state index in [4.69, 9.17) is 0 Å². The third-order valence-electron chi connectivity index (χ3n) is 1.28. The van der Waals surface area contributed by atoms with Crippen molar-refractivity contribution in [2.24, 2.45) is 13.5 Å². The fourth-order valence-electron chi connectivity index (χ4n) is 0.660. The van der Waals surface area contributed by atoms with E-state index in [2.05, 4.69) is 13.5 Å². The number of hydrogen-bond donors (Lipinski definition) is 0. The van der Waals surface area contributed by atoms with E-state index in [1.54, 1.807) is 0 Å². The van der Waals surface area contributed by atoms with Gasteiger partial charge in [-0.25, -0.2) is 0 Å². The van der Waals surface area contributed by atoms with Gasteiger partial charge in [-0.05, 0) is 14.1 Å². The molecule has 0 radical (unpaired) electrons. The zero-order chi connectivity index (χ0) is 11.2. The summed E-state index contributed by atoms with van der Waals surface area (Å²) in [4.78, 5) is 0. The maximum Gasteiger partial charge on any atom is 0.422 e. The molecule has 0 spiro atoms. The van der Waals surface area contributed by atoms with Gasteiger partial charge in [0.25, 0.3) is 0 Å². The summed E-state index contributed by atoms with van der Waals surface area (Å²) < 4.78 is 60.6. The van der Waals surface area contributed by atoms with Crippen LogP contribution in [0.25, 0.3) is 0 Å². The minimum atomic E-state index is -5.19. The van der Waals surface area contributed by atoms with Crippen LogP contribution in [0.1, 0.15) is 0 Å². The van der Waals surface area contributed by atoms with Crippen molar-refractivity contribution in [2.75, 3.05) is 14.1 Å². The largest absolute Gasteiger partial charge is 0.422 e. The van der Waals surface area contributed by atoms with Crippen LogP contribution >= 0.6 is 31.6 Å². The van der Waals surface area contributed by atoms with Gasteiger partial charge in [0.15, 0.2) is 7.04 Å². The zero-order valence-electron chi connectivity index (χ0n) is 7.22. The third-order valence-corrected chi connectivity index (χ3v) is 11.3. The maximum atomic E-state index is 12.8. The van der Waals surface area contributed by atoms with Crippen LogP contribution in [0.3, 0.4) is 0 Å². The number of halogens is 4. The highest BCUT2D eigenvalue weighted by atomic mass is 32.0. The molecule has 1 aliphatic rings. The van der Waals surface area contributed by atoms with Crippen molar-refractivity contribution in [1.82, 2.24) is 4.67 Å². The van der Waals surface area contributed by atoms with Crippen LogP contribution in [-0.4, -0.2) is 18.8 Å². The van der Waals surface area contributed by atoms with Gasteiger partial charge >= 0.3 is 15.7 Å². The zero-order valence-corrected chi connectivity index (χ0v) is 11.1. The lowest BCUT2D eigenvalue weighted by atomic mass is 11.3. The molecule has 0 aliphatic carbocycles. The minimum absolute atomic E-state index is 1.19. The smallest absolute Gasteiger partial charge is 0.255 e. The summed E-state index contributed by atoms with van der Waals surface area (Å²) in [5.41, 5.74) is 0. The second-order valence-electron chi connectivity index (χ2n) is 2.64. The summed E-state index contributed by atoms with van der Waals surface area (Å²) in [6.45, 7) is 0. The molecule has 0 aromatic rings. The maximum absolute atomic E-state index is 12.8. The molecule has 0 saturated heterocycles. The monoisotopic (exact) mass is 288 g/mol. The van der Waals surface area contributed by atoms with E-state index in [9.17, 15) is 16.8 Å². The molecule has 1 heterocycles. The molecule has 2 atom stereocenters. The number of rotatable bonds is 1. The van der Waals surface area contributed by atoms with Gasteiger partial charge < -0.3 is 0 Å². The molecule has 0 aromatic carbocycles. The average molecular weight is 288 g/mol.